The third kappa shape index (κ3) is 3.92. The molecular formula is C15H14F2N2O2. The highest BCUT2D eigenvalue weighted by molar-refractivity contribution is 5.94. The van der Waals surface area contributed by atoms with Gasteiger partial charge in [-0.1, -0.05) is 12.1 Å². The smallest absolute Gasteiger partial charge is 0.243 e. The first-order chi connectivity index (χ1) is 10.1. The van der Waals surface area contributed by atoms with Crippen LogP contribution in [0, 0.1) is 11.6 Å². The van der Waals surface area contributed by atoms with E-state index >= 15 is 0 Å². The summed E-state index contributed by atoms with van der Waals surface area (Å²) in [6, 6.07) is 9.94. The zero-order valence-corrected chi connectivity index (χ0v) is 11.3. The van der Waals surface area contributed by atoms with Gasteiger partial charge in [0.15, 0.2) is 0 Å². The van der Waals surface area contributed by atoms with Crippen LogP contribution < -0.4 is 15.4 Å². The number of hydrogen-bond acceptors (Lipinski definition) is 3. The van der Waals surface area contributed by atoms with E-state index in [-0.39, 0.29) is 12.2 Å². The first-order valence-corrected chi connectivity index (χ1v) is 6.22. The predicted octanol–water partition coefficient (Wildman–Crippen LogP) is 3.02. The number of nitrogens with one attached hydrogen (secondary N) is 2. The molecule has 0 bridgehead atoms. The van der Waals surface area contributed by atoms with Gasteiger partial charge in [-0.25, -0.2) is 8.78 Å². The molecule has 0 aromatic heterocycles. The van der Waals surface area contributed by atoms with Crippen LogP contribution in [-0.2, 0) is 4.79 Å². The molecule has 2 aromatic carbocycles. The molecule has 0 heterocycles. The summed E-state index contributed by atoms with van der Waals surface area (Å²) in [5.74, 6) is -1.22. The molecule has 0 spiro atoms. The molecule has 4 nitrogen and oxygen atoms in total. The molecule has 0 radical (unpaired) electrons. The lowest BCUT2D eigenvalue weighted by molar-refractivity contribution is -0.114. The van der Waals surface area contributed by atoms with Crippen molar-refractivity contribution in [2.75, 3.05) is 24.3 Å². The maximum absolute atomic E-state index is 13.4. The standard InChI is InChI=1S/C15H14F2N2O2/c1-21-14-5-3-2-4-12(14)18-9-15(20)19-13-8-10(16)6-7-11(13)17/h2-8,18H,9H2,1H3,(H,19,20). The second-order valence-electron chi connectivity index (χ2n) is 4.23. The van der Waals surface area contributed by atoms with Crippen molar-refractivity contribution in [2.45, 2.75) is 0 Å². The van der Waals surface area contributed by atoms with Gasteiger partial charge in [0.25, 0.3) is 0 Å². The Morgan fingerprint density at radius 1 is 1.14 bits per heavy atom. The largest absolute Gasteiger partial charge is 0.495 e. The van der Waals surface area contributed by atoms with Gasteiger partial charge in [-0.2, -0.15) is 0 Å². The fourth-order valence-electron chi connectivity index (χ4n) is 1.75. The molecule has 0 saturated heterocycles. The maximum Gasteiger partial charge on any atom is 0.243 e. The summed E-state index contributed by atoms with van der Waals surface area (Å²) in [4.78, 5) is 11.7. The van der Waals surface area contributed by atoms with Crippen molar-refractivity contribution >= 4 is 17.3 Å². The highest BCUT2D eigenvalue weighted by Gasteiger charge is 2.09. The number of hydrogen-bond donors (Lipinski definition) is 2. The Hall–Kier alpha value is -2.63. The molecule has 0 aliphatic carbocycles. The summed E-state index contributed by atoms with van der Waals surface area (Å²) >= 11 is 0. The summed E-state index contributed by atoms with van der Waals surface area (Å²) in [5, 5.41) is 5.17. The fraction of sp³-hybridized carbons (Fsp3) is 0.133. The van der Waals surface area contributed by atoms with E-state index in [1.54, 1.807) is 24.3 Å². The van der Waals surface area contributed by atoms with Crippen molar-refractivity contribution in [1.82, 2.24) is 0 Å². The minimum Gasteiger partial charge on any atom is -0.495 e. The van der Waals surface area contributed by atoms with Gasteiger partial charge in [0, 0.05) is 6.07 Å². The summed E-state index contributed by atoms with van der Waals surface area (Å²) in [6.45, 7) is -0.101. The van der Waals surface area contributed by atoms with Crippen molar-refractivity contribution in [3.63, 3.8) is 0 Å². The van der Waals surface area contributed by atoms with E-state index in [4.69, 9.17) is 4.74 Å². The summed E-state index contributed by atoms with van der Waals surface area (Å²) in [7, 11) is 1.52. The second-order valence-corrected chi connectivity index (χ2v) is 4.23. The van der Waals surface area contributed by atoms with Crippen LogP contribution in [0.3, 0.4) is 0 Å². The summed E-state index contributed by atoms with van der Waals surface area (Å²) in [5.41, 5.74) is 0.441. The van der Waals surface area contributed by atoms with Crippen LogP contribution in [0.4, 0.5) is 20.2 Å². The number of amides is 1. The number of ether oxygens (including phenoxy) is 1. The molecule has 0 aliphatic heterocycles. The molecule has 1 amide bonds. The summed E-state index contributed by atoms with van der Waals surface area (Å²) in [6.07, 6.45) is 0. The Balaban J connectivity index is 1.97. The predicted molar refractivity (Wildman–Crippen MR) is 76.5 cm³/mol. The van der Waals surface area contributed by atoms with Gasteiger partial charge in [0.2, 0.25) is 5.91 Å². The molecule has 2 rings (SSSR count). The lowest BCUT2D eigenvalue weighted by Crippen LogP contribution is -2.22. The van der Waals surface area contributed by atoms with Gasteiger partial charge >= 0.3 is 0 Å². The topological polar surface area (TPSA) is 50.4 Å². The molecule has 6 heteroatoms. The number of benzene rings is 2. The molecule has 0 saturated carbocycles. The molecular weight excluding hydrogens is 278 g/mol. The number of anilines is 2. The van der Waals surface area contributed by atoms with Crippen molar-refractivity contribution < 1.29 is 18.3 Å². The second kappa shape index (κ2) is 6.69. The van der Waals surface area contributed by atoms with Gasteiger partial charge in [-0.3, -0.25) is 4.79 Å². The zero-order valence-electron chi connectivity index (χ0n) is 11.3. The molecule has 21 heavy (non-hydrogen) atoms. The average molecular weight is 292 g/mol. The van der Waals surface area contributed by atoms with E-state index in [2.05, 4.69) is 10.6 Å². The third-order valence-electron chi connectivity index (χ3n) is 2.75. The highest BCUT2D eigenvalue weighted by atomic mass is 19.1. The highest BCUT2D eigenvalue weighted by Crippen LogP contribution is 2.22. The molecule has 0 unspecified atom stereocenters. The molecule has 0 fully saturated rings. The van der Waals surface area contributed by atoms with E-state index in [9.17, 15) is 13.6 Å². The van der Waals surface area contributed by atoms with E-state index < -0.39 is 17.5 Å². The Morgan fingerprint density at radius 3 is 2.67 bits per heavy atom. The first kappa shape index (κ1) is 14.8. The van der Waals surface area contributed by atoms with Crippen molar-refractivity contribution in [3.05, 3.63) is 54.1 Å². The zero-order chi connectivity index (χ0) is 15.2. The maximum atomic E-state index is 13.4. The molecule has 0 atom stereocenters. The first-order valence-electron chi connectivity index (χ1n) is 6.22. The average Bonchev–Trinajstić information content (AvgIpc) is 2.49. The Bertz CT molecular complexity index is 647. The number of para-hydroxylation sites is 2. The van der Waals surface area contributed by atoms with E-state index in [0.717, 1.165) is 18.2 Å². The number of carbonyl (C=O) groups excluding carboxylic acids is 1. The van der Waals surface area contributed by atoms with Gasteiger partial charge in [0.05, 0.1) is 25.0 Å². The van der Waals surface area contributed by atoms with Crippen molar-refractivity contribution in [1.29, 1.82) is 0 Å². The van der Waals surface area contributed by atoms with E-state index in [0.29, 0.717) is 11.4 Å². The van der Waals surface area contributed by atoms with Crippen LogP contribution in [-0.4, -0.2) is 19.6 Å². The molecule has 0 aliphatic rings. The molecule has 2 aromatic rings. The van der Waals surface area contributed by atoms with Crippen LogP contribution in [0.1, 0.15) is 0 Å². The number of carbonyl (C=O) groups is 1. The van der Waals surface area contributed by atoms with E-state index in [1.165, 1.54) is 7.11 Å². The lowest BCUT2D eigenvalue weighted by atomic mass is 10.3. The lowest BCUT2D eigenvalue weighted by Gasteiger charge is -2.11. The van der Waals surface area contributed by atoms with Crippen molar-refractivity contribution in [2.24, 2.45) is 0 Å². The van der Waals surface area contributed by atoms with Crippen LogP contribution in [0.25, 0.3) is 0 Å². The monoisotopic (exact) mass is 292 g/mol. The van der Waals surface area contributed by atoms with Gasteiger partial charge in [0.1, 0.15) is 17.4 Å². The normalized spacial score (nSPS) is 10.0. The number of halogens is 2. The third-order valence-corrected chi connectivity index (χ3v) is 2.75. The minimum atomic E-state index is -0.693. The van der Waals surface area contributed by atoms with Gasteiger partial charge in [-0.15, -0.1) is 0 Å². The molecule has 2 N–H and O–H groups in total. The van der Waals surface area contributed by atoms with Crippen LogP contribution in [0.15, 0.2) is 42.5 Å². The van der Waals surface area contributed by atoms with Gasteiger partial charge < -0.3 is 15.4 Å². The Kier molecular flexibility index (Phi) is 4.71. The SMILES string of the molecule is COc1ccccc1NCC(=O)Nc1cc(F)ccc1F. The Morgan fingerprint density at radius 2 is 1.90 bits per heavy atom. The van der Waals surface area contributed by atoms with Crippen LogP contribution in [0.5, 0.6) is 5.75 Å². The van der Waals surface area contributed by atoms with E-state index in [1.807, 2.05) is 0 Å². The quantitative estimate of drug-likeness (QED) is 0.890. The van der Waals surface area contributed by atoms with Crippen LogP contribution in [0.2, 0.25) is 0 Å². The van der Waals surface area contributed by atoms with Crippen LogP contribution >= 0.6 is 0 Å². The summed E-state index contributed by atoms with van der Waals surface area (Å²) < 4.78 is 31.5. The van der Waals surface area contributed by atoms with Gasteiger partial charge in [-0.05, 0) is 24.3 Å². The minimum absolute atomic E-state index is 0.101. The number of rotatable bonds is 5. The van der Waals surface area contributed by atoms with Crippen molar-refractivity contribution in [3.8, 4) is 5.75 Å². The fourth-order valence-corrected chi connectivity index (χ4v) is 1.75. The number of methoxy groups -OCH3 is 1. The molecule has 110 valence electrons. The Labute approximate surface area is 120 Å².